The molecular weight excluding hydrogens is 214 g/mol. The summed E-state index contributed by atoms with van der Waals surface area (Å²) in [7, 11) is 1.94. The van der Waals surface area contributed by atoms with Crippen LogP contribution in [0.5, 0.6) is 0 Å². The van der Waals surface area contributed by atoms with E-state index < -0.39 is 0 Å². The highest BCUT2D eigenvalue weighted by Crippen LogP contribution is 2.33. The largest absolute Gasteiger partial charge is 0.354 e. The van der Waals surface area contributed by atoms with E-state index in [2.05, 4.69) is 29.4 Å². The molecule has 0 radical (unpaired) electrons. The molecule has 0 bridgehead atoms. The molecule has 0 spiro atoms. The molecule has 17 heavy (non-hydrogen) atoms. The Labute approximate surface area is 104 Å². The van der Waals surface area contributed by atoms with E-state index in [1.165, 1.54) is 12.8 Å². The highest BCUT2D eigenvalue weighted by molar-refractivity contribution is 5.82. The zero-order valence-corrected chi connectivity index (χ0v) is 11.3. The van der Waals surface area contributed by atoms with Crippen LogP contribution in [0.25, 0.3) is 0 Å². The van der Waals surface area contributed by atoms with Gasteiger partial charge in [0.05, 0.1) is 6.04 Å². The lowest BCUT2D eigenvalue weighted by atomic mass is 9.93. The van der Waals surface area contributed by atoms with Crippen molar-refractivity contribution in [2.24, 2.45) is 5.41 Å². The van der Waals surface area contributed by atoms with E-state index in [4.69, 9.17) is 0 Å². The molecule has 1 unspecified atom stereocenters. The van der Waals surface area contributed by atoms with Crippen LogP contribution in [0.1, 0.15) is 33.1 Å². The van der Waals surface area contributed by atoms with E-state index in [1.54, 1.807) is 0 Å². The molecule has 1 saturated heterocycles. The summed E-state index contributed by atoms with van der Waals surface area (Å²) in [6.45, 7) is 7.21. The first-order chi connectivity index (χ1) is 8.03. The van der Waals surface area contributed by atoms with Crippen molar-refractivity contribution < 1.29 is 4.79 Å². The summed E-state index contributed by atoms with van der Waals surface area (Å²) in [5.41, 5.74) is 0.187. The Hall–Kier alpha value is -0.610. The van der Waals surface area contributed by atoms with E-state index >= 15 is 0 Å². The number of nitrogens with one attached hydrogen (secondary N) is 2. The number of carbonyl (C=O) groups excluding carboxylic acids is 1. The van der Waals surface area contributed by atoms with Crippen molar-refractivity contribution in [2.45, 2.75) is 45.2 Å². The van der Waals surface area contributed by atoms with Crippen LogP contribution in [-0.4, -0.2) is 49.6 Å². The van der Waals surface area contributed by atoms with Gasteiger partial charge in [-0.2, -0.15) is 0 Å². The summed E-state index contributed by atoms with van der Waals surface area (Å²) < 4.78 is 0. The smallest absolute Gasteiger partial charge is 0.237 e. The summed E-state index contributed by atoms with van der Waals surface area (Å²) in [6.07, 6.45) is 3.44. The molecule has 1 heterocycles. The van der Waals surface area contributed by atoms with Crippen molar-refractivity contribution in [1.29, 1.82) is 0 Å². The van der Waals surface area contributed by atoms with Crippen LogP contribution >= 0.6 is 0 Å². The SMILES string of the molecule is CNCCC1C(=O)NCC(C)(C)CN1C1CC1. The minimum atomic E-state index is 0.0664. The zero-order chi connectivity index (χ0) is 12.5. The minimum Gasteiger partial charge on any atom is -0.354 e. The molecule has 2 aliphatic rings. The molecule has 1 amide bonds. The van der Waals surface area contributed by atoms with Crippen LogP contribution in [0.2, 0.25) is 0 Å². The summed E-state index contributed by atoms with van der Waals surface area (Å²) >= 11 is 0. The first-order valence-corrected chi connectivity index (χ1v) is 6.71. The van der Waals surface area contributed by atoms with Crippen LogP contribution in [-0.2, 0) is 4.79 Å². The molecule has 1 saturated carbocycles. The Bertz CT molecular complexity index is 286. The van der Waals surface area contributed by atoms with Gasteiger partial charge in [0.2, 0.25) is 5.91 Å². The third-order valence-electron chi connectivity index (χ3n) is 3.74. The second-order valence-electron chi connectivity index (χ2n) is 6.19. The van der Waals surface area contributed by atoms with Crippen molar-refractivity contribution in [2.75, 3.05) is 26.7 Å². The second kappa shape index (κ2) is 4.94. The monoisotopic (exact) mass is 239 g/mol. The average molecular weight is 239 g/mol. The molecule has 2 N–H and O–H groups in total. The molecule has 2 rings (SSSR count). The summed E-state index contributed by atoms with van der Waals surface area (Å²) in [4.78, 5) is 14.6. The van der Waals surface area contributed by atoms with Crippen molar-refractivity contribution in [3.8, 4) is 0 Å². The molecule has 1 aliphatic heterocycles. The van der Waals surface area contributed by atoms with Gasteiger partial charge in [-0.3, -0.25) is 9.69 Å². The van der Waals surface area contributed by atoms with Crippen molar-refractivity contribution in [3.63, 3.8) is 0 Å². The highest BCUT2D eigenvalue weighted by Gasteiger charge is 2.41. The molecular formula is C13H25N3O. The Morgan fingerprint density at radius 3 is 2.76 bits per heavy atom. The summed E-state index contributed by atoms with van der Waals surface area (Å²) in [5.74, 6) is 0.220. The van der Waals surface area contributed by atoms with Crippen LogP contribution in [0.3, 0.4) is 0 Å². The van der Waals surface area contributed by atoms with Crippen molar-refractivity contribution in [3.05, 3.63) is 0 Å². The van der Waals surface area contributed by atoms with Gasteiger partial charge in [-0.05, 0) is 38.3 Å². The maximum atomic E-state index is 12.2. The number of amides is 1. The molecule has 0 aromatic rings. The Balaban J connectivity index is 2.10. The van der Waals surface area contributed by atoms with Gasteiger partial charge in [0.15, 0.2) is 0 Å². The molecule has 4 heteroatoms. The molecule has 0 aromatic carbocycles. The number of rotatable bonds is 4. The van der Waals surface area contributed by atoms with E-state index in [0.717, 1.165) is 26.1 Å². The van der Waals surface area contributed by atoms with Crippen molar-refractivity contribution >= 4 is 5.91 Å². The molecule has 98 valence electrons. The van der Waals surface area contributed by atoms with E-state index in [-0.39, 0.29) is 17.4 Å². The molecule has 2 fully saturated rings. The number of hydrogen-bond donors (Lipinski definition) is 2. The van der Waals surface area contributed by atoms with Crippen molar-refractivity contribution in [1.82, 2.24) is 15.5 Å². The van der Waals surface area contributed by atoms with Crippen LogP contribution in [0, 0.1) is 5.41 Å². The predicted octanol–water partition coefficient (Wildman–Crippen LogP) is 0.585. The number of nitrogens with zero attached hydrogens (tertiary/aromatic N) is 1. The van der Waals surface area contributed by atoms with Gasteiger partial charge in [-0.1, -0.05) is 13.8 Å². The average Bonchev–Trinajstić information content (AvgIpc) is 3.08. The lowest BCUT2D eigenvalue weighted by Gasteiger charge is -2.32. The quantitative estimate of drug-likeness (QED) is 0.754. The van der Waals surface area contributed by atoms with Crippen LogP contribution in [0.4, 0.5) is 0 Å². The van der Waals surface area contributed by atoms with E-state index in [1.807, 2.05) is 7.05 Å². The summed E-state index contributed by atoms with van der Waals surface area (Å²) in [5, 5.41) is 6.25. The molecule has 0 aromatic heterocycles. The fourth-order valence-corrected chi connectivity index (χ4v) is 2.62. The third-order valence-corrected chi connectivity index (χ3v) is 3.74. The first-order valence-electron chi connectivity index (χ1n) is 6.71. The van der Waals surface area contributed by atoms with Gasteiger partial charge < -0.3 is 10.6 Å². The molecule has 4 nitrogen and oxygen atoms in total. The number of carbonyl (C=O) groups is 1. The Kier molecular flexibility index (Phi) is 3.73. The fraction of sp³-hybridized carbons (Fsp3) is 0.923. The maximum absolute atomic E-state index is 12.2. The predicted molar refractivity (Wildman–Crippen MR) is 68.9 cm³/mol. The standard InChI is InChI=1S/C13H25N3O/c1-13(2)8-15-12(17)11(6-7-14-3)16(9-13)10-4-5-10/h10-11,14H,4-9H2,1-3H3,(H,15,17). The molecule has 1 aliphatic carbocycles. The normalized spacial score (nSPS) is 29.8. The van der Waals surface area contributed by atoms with Crippen LogP contribution < -0.4 is 10.6 Å². The van der Waals surface area contributed by atoms with Gasteiger partial charge in [-0.15, -0.1) is 0 Å². The zero-order valence-electron chi connectivity index (χ0n) is 11.3. The third kappa shape index (κ3) is 3.19. The van der Waals surface area contributed by atoms with Gasteiger partial charge in [0, 0.05) is 19.1 Å². The van der Waals surface area contributed by atoms with Gasteiger partial charge in [-0.25, -0.2) is 0 Å². The van der Waals surface area contributed by atoms with E-state index in [9.17, 15) is 4.79 Å². The van der Waals surface area contributed by atoms with E-state index in [0.29, 0.717) is 6.04 Å². The maximum Gasteiger partial charge on any atom is 0.237 e. The highest BCUT2D eigenvalue weighted by atomic mass is 16.2. The van der Waals surface area contributed by atoms with Crippen LogP contribution in [0.15, 0.2) is 0 Å². The summed E-state index contributed by atoms with van der Waals surface area (Å²) in [6, 6.07) is 0.719. The second-order valence-corrected chi connectivity index (χ2v) is 6.19. The van der Waals surface area contributed by atoms with Gasteiger partial charge in [0.1, 0.15) is 0 Å². The Morgan fingerprint density at radius 1 is 1.47 bits per heavy atom. The Morgan fingerprint density at radius 2 is 2.18 bits per heavy atom. The topological polar surface area (TPSA) is 44.4 Å². The van der Waals surface area contributed by atoms with Gasteiger partial charge in [0.25, 0.3) is 0 Å². The molecule has 1 atom stereocenters. The minimum absolute atomic E-state index is 0.0664. The lowest BCUT2D eigenvalue weighted by molar-refractivity contribution is -0.125. The fourth-order valence-electron chi connectivity index (χ4n) is 2.62. The van der Waals surface area contributed by atoms with Gasteiger partial charge >= 0.3 is 0 Å². The lowest BCUT2D eigenvalue weighted by Crippen LogP contribution is -2.47. The first kappa shape index (κ1) is 12.8. The number of hydrogen-bond acceptors (Lipinski definition) is 3.